The van der Waals surface area contributed by atoms with Crippen LogP contribution in [-0.2, 0) is 23.1 Å². The lowest BCUT2D eigenvalue weighted by Gasteiger charge is -2.41. The van der Waals surface area contributed by atoms with E-state index in [1.165, 1.54) is 7.11 Å². The molecule has 1 aliphatic heterocycles. The normalized spacial score (nSPS) is 22.8. The van der Waals surface area contributed by atoms with Crippen LogP contribution in [0.5, 0.6) is 0 Å². The van der Waals surface area contributed by atoms with Crippen LogP contribution >= 0.6 is 7.60 Å². The van der Waals surface area contributed by atoms with Gasteiger partial charge in [0, 0.05) is 19.1 Å². The van der Waals surface area contributed by atoms with Gasteiger partial charge < -0.3 is 19.1 Å². The van der Waals surface area contributed by atoms with Crippen molar-refractivity contribution in [1.29, 1.82) is 0 Å². The molecule has 142 valence electrons. The van der Waals surface area contributed by atoms with Crippen molar-refractivity contribution in [2.24, 2.45) is 5.92 Å². The Morgan fingerprint density at radius 2 is 1.92 bits per heavy atom. The topological polar surface area (TPSA) is 77.1 Å². The summed E-state index contributed by atoms with van der Waals surface area (Å²) >= 11 is 0. The molecule has 1 fully saturated rings. The van der Waals surface area contributed by atoms with Crippen LogP contribution in [0.25, 0.3) is 0 Å². The van der Waals surface area contributed by atoms with Gasteiger partial charge in [-0.2, -0.15) is 0 Å². The highest BCUT2D eigenvalue weighted by atomic mass is 31.2. The first-order chi connectivity index (χ1) is 11.4. The molecule has 0 aliphatic carbocycles. The van der Waals surface area contributed by atoms with Gasteiger partial charge in [0.2, 0.25) is 0 Å². The molecule has 0 unspecified atom stereocenters. The second kappa shape index (κ2) is 10.5. The molecule has 1 saturated heterocycles. The maximum absolute atomic E-state index is 12.5. The van der Waals surface area contributed by atoms with Gasteiger partial charge in [0.05, 0.1) is 26.5 Å². The minimum absolute atomic E-state index is 0.239. The third-order valence-corrected chi connectivity index (χ3v) is 6.41. The van der Waals surface area contributed by atoms with Crippen LogP contribution in [0, 0.1) is 5.92 Å². The number of rotatable bonds is 10. The highest BCUT2D eigenvalue weighted by molar-refractivity contribution is 7.53. The van der Waals surface area contributed by atoms with Gasteiger partial charge in [-0.3, -0.25) is 14.3 Å². The Labute approximate surface area is 145 Å². The van der Waals surface area contributed by atoms with E-state index in [0.29, 0.717) is 44.3 Å². The quantitative estimate of drug-likeness (QED) is 0.470. The molecule has 1 rings (SSSR count). The number of nitrogens with one attached hydrogen (secondary N) is 1. The first-order valence-electron chi connectivity index (χ1n) is 8.80. The third kappa shape index (κ3) is 6.45. The number of hydrogen-bond donors (Lipinski definition) is 1. The monoisotopic (exact) mass is 364 g/mol. The van der Waals surface area contributed by atoms with Crippen LogP contribution in [0.3, 0.4) is 0 Å². The van der Waals surface area contributed by atoms with Crippen molar-refractivity contribution < 1.29 is 23.1 Å². The molecule has 0 spiro atoms. The largest absolute Gasteiger partial charge is 0.468 e. The van der Waals surface area contributed by atoms with Gasteiger partial charge in [-0.1, -0.05) is 13.8 Å². The van der Waals surface area contributed by atoms with Crippen molar-refractivity contribution in [2.45, 2.75) is 46.2 Å². The summed E-state index contributed by atoms with van der Waals surface area (Å²) in [7, 11) is -1.60. The van der Waals surface area contributed by atoms with Crippen LogP contribution in [0.15, 0.2) is 0 Å². The van der Waals surface area contributed by atoms with E-state index in [1.807, 2.05) is 13.8 Å². The molecule has 1 heterocycles. The Balaban J connectivity index is 2.62. The van der Waals surface area contributed by atoms with E-state index in [1.54, 1.807) is 0 Å². The molecule has 0 saturated carbocycles. The summed E-state index contributed by atoms with van der Waals surface area (Å²) in [6.07, 6.45) is 1.10. The standard InChI is InChI=1S/C16H33N2O5P/c1-6-22-24(20,23-7-2)10-8-9-18-12-14(16(19)21-5)17-11-15(18)13(3)4/h13-15,17H,6-12H2,1-5H3/t14-,15+/m0/s1. The number of methoxy groups -OCH3 is 1. The molecule has 0 aromatic heterocycles. The number of esters is 1. The SMILES string of the molecule is CCOP(=O)(CCCN1C[C@@H](C(=O)OC)NC[C@@H]1C(C)C)OCC. The lowest BCUT2D eigenvalue weighted by Crippen LogP contribution is -2.60. The molecular formula is C16H33N2O5P. The lowest BCUT2D eigenvalue weighted by atomic mass is 9.98. The Kier molecular flexibility index (Phi) is 9.45. The highest BCUT2D eigenvalue weighted by Gasteiger charge is 2.34. The van der Waals surface area contributed by atoms with Crippen LogP contribution < -0.4 is 5.32 Å². The van der Waals surface area contributed by atoms with Crippen molar-refractivity contribution in [1.82, 2.24) is 10.2 Å². The molecule has 0 aromatic carbocycles. The predicted octanol–water partition coefficient (Wildman–Crippen LogP) is 2.11. The highest BCUT2D eigenvalue weighted by Crippen LogP contribution is 2.48. The zero-order chi connectivity index (χ0) is 18.2. The Hall–Kier alpha value is -0.460. The molecule has 0 bridgehead atoms. The first kappa shape index (κ1) is 21.6. The maximum Gasteiger partial charge on any atom is 0.330 e. The fourth-order valence-corrected chi connectivity index (χ4v) is 4.72. The van der Waals surface area contributed by atoms with Crippen LogP contribution in [0.1, 0.15) is 34.1 Å². The van der Waals surface area contributed by atoms with Crippen molar-refractivity contribution in [2.75, 3.05) is 46.1 Å². The van der Waals surface area contributed by atoms with Crippen molar-refractivity contribution in [3.63, 3.8) is 0 Å². The minimum Gasteiger partial charge on any atom is -0.468 e. The van der Waals surface area contributed by atoms with E-state index in [-0.39, 0.29) is 12.0 Å². The zero-order valence-corrected chi connectivity index (χ0v) is 16.5. The molecule has 2 atom stereocenters. The summed E-state index contributed by atoms with van der Waals surface area (Å²) in [4.78, 5) is 14.1. The number of ether oxygens (including phenoxy) is 1. The number of carbonyl (C=O) groups excluding carboxylic acids is 1. The minimum atomic E-state index is -3.00. The second-order valence-electron chi connectivity index (χ2n) is 6.31. The number of piperazine rings is 1. The zero-order valence-electron chi connectivity index (χ0n) is 15.6. The van der Waals surface area contributed by atoms with E-state index in [0.717, 1.165) is 13.1 Å². The average molecular weight is 364 g/mol. The molecule has 0 amide bonds. The van der Waals surface area contributed by atoms with Gasteiger partial charge in [0.1, 0.15) is 6.04 Å². The van der Waals surface area contributed by atoms with Gasteiger partial charge in [-0.25, -0.2) is 0 Å². The van der Waals surface area contributed by atoms with E-state index < -0.39 is 7.60 Å². The van der Waals surface area contributed by atoms with Gasteiger partial charge >= 0.3 is 13.6 Å². The van der Waals surface area contributed by atoms with Crippen molar-refractivity contribution in [3.05, 3.63) is 0 Å². The molecule has 0 aromatic rings. The Morgan fingerprint density at radius 1 is 1.29 bits per heavy atom. The van der Waals surface area contributed by atoms with Crippen molar-refractivity contribution >= 4 is 13.6 Å². The lowest BCUT2D eigenvalue weighted by molar-refractivity contribution is -0.145. The second-order valence-corrected chi connectivity index (χ2v) is 8.50. The summed E-state index contributed by atoms with van der Waals surface area (Å²) in [6.45, 7) is 10.8. The molecule has 1 aliphatic rings. The van der Waals surface area contributed by atoms with E-state index in [2.05, 4.69) is 24.1 Å². The molecular weight excluding hydrogens is 331 g/mol. The fourth-order valence-electron chi connectivity index (χ4n) is 3.07. The molecule has 24 heavy (non-hydrogen) atoms. The van der Waals surface area contributed by atoms with Crippen LogP contribution in [-0.4, -0.2) is 69.1 Å². The van der Waals surface area contributed by atoms with E-state index in [4.69, 9.17) is 13.8 Å². The van der Waals surface area contributed by atoms with E-state index >= 15 is 0 Å². The fraction of sp³-hybridized carbons (Fsp3) is 0.938. The number of nitrogens with zero attached hydrogens (tertiary/aromatic N) is 1. The third-order valence-electron chi connectivity index (χ3n) is 4.24. The summed E-state index contributed by atoms with van der Waals surface area (Å²) in [6, 6.07) is 0.0278. The van der Waals surface area contributed by atoms with Gasteiger partial charge in [0.25, 0.3) is 0 Å². The van der Waals surface area contributed by atoms with Gasteiger partial charge in [-0.15, -0.1) is 0 Å². The van der Waals surface area contributed by atoms with E-state index in [9.17, 15) is 9.36 Å². The summed E-state index contributed by atoms with van der Waals surface area (Å²) in [5, 5.41) is 3.26. The maximum atomic E-state index is 12.5. The molecule has 7 nitrogen and oxygen atoms in total. The molecule has 0 radical (unpaired) electrons. The van der Waals surface area contributed by atoms with Gasteiger partial charge in [-0.05, 0) is 32.7 Å². The number of hydrogen-bond acceptors (Lipinski definition) is 7. The average Bonchev–Trinajstić information content (AvgIpc) is 2.54. The Bertz CT molecular complexity index is 423. The first-order valence-corrected chi connectivity index (χ1v) is 10.5. The summed E-state index contributed by atoms with van der Waals surface area (Å²) in [5.41, 5.74) is 0. The predicted molar refractivity (Wildman–Crippen MR) is 94.3 cm³/mol. The Morgan fingerprint density at radius 3 is 2.42 bits per heavy atom. The van der Waals surface area contributed by atoms with Crippen LogP contribution in [0.4, 0.5) is 0 Å². The summed E-state index contributed by atoms with van der Waals surface area (Å²) in [5.74, 6) is 0.221. The smallest absolute Gasteiger partial charge is 0.330 e. The molecule has 1 N–H and O–H groups in total. The van der Waals surface area contributed by atoms with Gasteiger partial charge in [0.15, 0.2) is 0 Å². The van der Waals surface area contributed by atoms with Crippen LogP contribution in [0.2, 0.25) is 0 Å². The van der Waals surface area contributed by atoms with Crippen molar-refractivity contribution in [3.8, 4) is 0 Å². The number of carbonyl (C=O) groups is 1. The molecule has 8 heteroatoms. The summed E-state index contributed by atoms with van der Waals surface area (Å²) < 4.78 is 28.1.